The quantitative estimate of drug-likeness (QED) is 0.0810. The summed E-state index contributed by atoms with van der Waals surface area (Å²) in [6.45, 7) is 3.39. The molecule has 0 fully saturated rings. The lowest BCUT2D eigenvalue weighted by Crippen LogP contribution is -2.55. The van der Waals surface area contributed by atoms with Gasteiger partial charge in [0, 0.05) is 6.54 Å². The molecule has 0 aromatic carbocycles. The number of carboxylic acids is 1. The monoisotopic (exact) mass is 461 g/mol. The first-order valence-electron chi connectivity index (χ1n) is 9.89. The molecule has 0 rings (SSSR count). The van der Waals surface area contributed by atoms with E-state index in [1.54, 1.807) is 13.8 Å². The number of carbonyl (C=O) groups excluding carboxylic acids is 3. The van der Waals surface area contributed by atoms with Crippen molar-refractivity contribution in [2.24, 2.45) is 28.1 Å². The summed E-state index contributed by atoms with van der Waals surface area (Å²) >= 11 is 1.46. The van der Waals surface area contributed by atoms with E-state index in [0.29, 0.717) is 25.1 Å². The standard InChI is InChI=1S/C18H35N7O5S/c1-10(2)14(25-15(27)11(19)5-4-7-22-18(20)21)16(28)23-9-13(26)24-12(17(29)30)6-8-31-3/h10-12,14H,4-9,19H2,1-3H3,(H,23,28)(H,24,26)(H,25,27)(H,29,30)(H4,20,21,22). The molecule has 31 heavy (non-hydrogen) atoms. The topological polar surface area (TPSA) is 215 Å². The lowest BCUT2D eigenvalue weighted by Gasteiger charge is -2.23. The third-order valence-electron chi connectivity index (χ3n) is 4.22. The Morgan fingerprint density at radius 2 is 1.71 bits per heavy atom. The molecule has 0 aliphatic heterocycles. The number of aliphatic carboxylic acids is 1. The molecule has 0 aromatic heterocycles. The van der Waals surface area contributed by atoms with Gasteiger partial charge in [-0.2, -0.15) is 11.8 Å². The highest BCUT2D eigenvalue weighted by atomic mass is 32.2. The summed E-state index contributed by atoms with van der Waals surface area (Å²) in [6.07, 6.45) is 2.91. The Morgan fingerprint density at radius 3 is 2.23 bits per heavy atom. The van der Waals surface area contributed by atoms with E-state index < -0.39 is 48.4 Å². The van der Waals surface area contributed by atoms with Crippen LogP contribution in [-0.2, 0) is 19.2 Å². The zero-order valence-corrected chi connectivity index (χ0v) is 19.0. The fourth-order valence-corrected chi connectivity index (χ4v) is 2.93. The van der Waals surface area contributed by atoms with Crippen molar-refractivity contribution < 1.29 is 24.3 Å². The minimum Gasteiger partial charge on any atom is -0.480 e. The van der Waals surface area contributed by atoms with Gasteiger partial charge in [-0.05, 0) is 37.2 Å². The molecule has 10 N–H and O–H groups in total. The first kappa shape index (κ1) is 28.5. The number of aliphatic imine (C=N–C) groups is 1. The Bertz CT molecular complexity index is 641. The number of hydrogen-bond acceptors (Lipinski definition) is 7. The van der Waals surface area contributed by atoms with Crippen LogP contribution in [0, 0.1) is 5.92 Å². The van der Waals surface area contributed by atoms with Gasteiger partial charge in [-0.1, -0.05) is 13.8 Å². The molecule has 0 heterocycles. The lowest BCUT2D eigenvalue weighted by atomic mass is 10.0. The number of rotatable bonds is 15. The molecule has 3 amide bonds. The van der Waals surface area contributed by atoms with E-state index in [2.05, 4.69) is 20.9 Å². The van der Waals surface area contributed by atoms with Crippen LogP contribution in [0.5, 0.6) is 0 Å². The van der Waals surface area contributed by atoms with Crippen LogP contribution in [-0.4, -0.2) is 78.0 Å². The van der Waals surface area contributed by atoms with E-state index in [1.165, 1.54) is 11.8 Å². The molecule has 0 bridgehead atoms. The average Bonchev–Trinajstić information content (AvgIpc) is 2.69. The van der Waals surface area contributed by atoms with Crippen molar-refractivity contribution in [1.29, 1.82) is 0 Å². The van der Waals surface area contributed by atoms with E-state index in [-0.39, 0.29) is 18.3 Å². The van der Waals surface area contributed by atoms with Crippen LogP contribution in [0.15, 0.2) is 4.99 Å². The van der Waals surface area contributed by atoms with Gasteiger partial charge in [-0.25, -0.2) is 4.79 Å². The van der Waals surface area contributed by atoms with Crippen molar-refractivity contribution in [3.8, 4) is 0 Å². The third-order valence-corrected chi connectivity index (χ3v) is 4.86. The smallest absolute Gasteiger partial charge is 0.326 e. The van der Waals surface area contributed by atoms with E-state index >= 15 is 0 Å². The minimum atomic E-state index is -1.14. The van der Waals surface area contributed by atoms with Gasteiger partial charge in [-0.15, -0.1) is 0 Å². The molecule has 0 saturated carbocycles. The van der Waals surface area contributed by atoms with E-state index in [1.807, 2.05) is 6.26 Å². The summed E-state index contributed by atoms with van der Waals surface area (Å²) in [5, 5.41) is 16.5. The Balaban J connectivity index is 4.66. The van der Waals surface area contributed by atoms with Gasteiger partial charge in [0.05, 0.1) is 12.6 Å². The van der Waals surface area contributed by atoms with Crippen molar-refractivity contribution in [1.82, 2.24) is 16.0 Å². The molecule has 3 atom stereocenters. The van der Waals surface area contributed by atoms with Crippen molar-refractivity contribution >= 4 is 41.4 Å². The minimum absolute atomic E-state index is 0.0440. The SMILES string of the molecule is CSCCC(NC(=O)CNC(=O)C(NC(=O)C(N)CCCN=C(N)N)C(C)C)C(=O)O. The van der Waals surface area contributed by atoms with E-state index in [9.17, 15) is 19.2 Å². The number of guanidine groups is 1. The molecule has 13 heteroatoms. The number of nitrogens with two attached hydrogens (primary N) is 3. The van der Waals surface area contributed by atoms with Crippen molar-refractivity contribution in [2.75, 3.05) is 25.1 Å². The number of thioether (sulfide) groups is 1. The van der Waals surface area contributed by atoms with Gasteiger partial charge in [0.2, 0.25) is 17.7 Å². The normalized spacial score (nSPS) is 13.6. The first-order chi connectivity index (χ1) is 14.5. The van der Waals surface area contributed by atoms with Gasteiger partial charge in [0.25, 0.3) is 0 Å². The van der Waals surface area contributed by atoms with Crippen LogP contribution < -0.4 is 33.2 Å². The number of nitrogens with one attached hydrogen (secondary N) is 3. The molecule has 0 aliphatic carbocycles. The molecule has 0 radical (unpaired) electrons. The fraction of sp³-hybridized carbons (Fsp3) is 0.722. The van der Waals surface area contributed by atoms with Gasteiger partial charge in [0.1, 0.15) is 12.1 Å². The van der Waals surface area contributed by atoms with Crippen LogP contribution in [0.1, 0.15) is 33.1 Å². The summed E-state index contributed by atoms with van der Waals surface area (Å²) in [5.74, 6) is -2.60. The van der Waals surface area contributed by atoms with E-state index in [0.717, 1.165) is 0 Å². The number of carbonyl (C=O) groups is 4. The highest BCUT2D eigenvalue weighted by Crippen LogP contribution is 2.04. The summed E-state index contributed by atoms with van der Waals surface area (Å²) < 4.78 is 0. The zero-order chi connectivity index (χ0) is 24.0. The largest absolute Gasteiger partial charge is 0.480 e. The van der Waals surface area contributed by atoms with Crippen molar-refractivity contribution in [3.63, 3.8) is 0 Å². The van der Waals surface area contributed by atoms with Crippen LogP contribution >= 0.6 is 11.8 Å². The predicted molar refractivity (Wildman–Crippen MR) is 120 cm³/mol. The van der Waals surface area contributed by atoms with Gasteiger partial charge in [0.15, 0.2) is 5.96 Å². The maximum Gasteiger partial charge on any atom is 0.326 e. The van der Waals surface area contributed by atoms with Crippen molar-refractivity contribution in [3.05, 3.63) is 0 Å². The van der Waals surface area contributed by atoms with Crippen LogP contribution in [0.25, 0.3) is 0 Å². The average molecular weight is 462 g/mol. The summed E-state index contributed by atoms with van der Waals surface area (Å²) in [6, 6.07) is -2.79. The van der Waals surface area contributed by atoms with Crippen LogP contribution in [0.2, 0.25) is 0 Å². The molecule has 178 valence electrons. The molecule has 0 saturated heterocycles. The second-order valence-corrected chi connectivity index (χ2v) is 8.23. The third kappa shape index (κ3) is 12.7. The zero-order valence-electron chi connectivity index (χ0n) is 18.2. The van der Waals surface area contributed by atoms with Gasteiger partial charge < -0.3 is 38.3 Å². The Labute approximate surface area is 186 Å². The first-order valence-corrected chi connectivity index (χ1v) is 11.3. The maximum absolute atomic E-state index is 12.5. The number of amides is 3. The highest BCUT2D eigenvalue weighted by molar-refractivity contribution is 7.98. The summed E-state index contributed by atoms with van der Waals surface area (Å²) in [7, 11) is 0. The fourth-order valence-electron chi connectivity index (χ4n) is 2.46. The molecule has 0 spiro atoms. The van der Waals surface area contributed by atoms with Crippen LogP contribution in [0.3, 0.4) is 0 Å². The number of nitrogens with zero attached hydrogens (tertiary/aromatic N) is 1. The van der Waals surface area contributed by atoms with Crippen molar-refractivity contribution in [2.45, 2.75) is 51.2 Å². The lowest BCUT2D eigenvalue weighted by molar-refractivity contribution is -0.141. The summed E-state index contributed by atoms with van der Waals surface area (Å²) in [4.78, 5) is 51.8. The predicted octanol–water partition coefficient (Wildman–Crippen LogP) is -2.05. The number of carboxylic acid groups (broad SMARTS) is 1. The Hall–Kier alpha value is -2.54. The van der Waals surface area contributed by atoms with E-state index in [4.69, 9.17) is 22.3 Å². The second-order valence-electron chi connectivity index (χ2n) is 7.24. The summed E-state index contributed by atoms with van der Waals surface area (Å²) in [5.41, 5.74) is 16.3. The Kier molecular flexibility index (Phi) is 14.0. The molecular weight excluding hydrogens is 426 g/mol. The van der Waals surface area contributed by atoms with Gasteiger partial charge in [-0.3, -0.25) is 19.4 Å². The van der Waals surface area contributed by atoms with Gasteiger partial charge >= 0.3 is 5.97 Å². The Morgan fingerprint density at radius 1 is 1.06 bits per heavy atom. The van der Waals surface area contributed by atoms with Crippen LogP contribution in [0.4, 0.5) is 0 Å². The molecular formula is C18H35N7O5S. The molecule has 0 aliphatic rings. The molecule has 3 unspecified atom stereocenters. The maximum atomic E-state index is 12.5. The molecule has 12 nitrogen and oxygen atoms in total. The molecule has 0 aromatic rings. The number of hydrogen-bond donors (Lipinski definition) is 7. The highest BCUT2D eigenvalue weighted by Gasteiger charge is 2.27. The second kappa shape index (κ2) is 15.3.